The zero-order chi connectivity index (χ0) is 19.1. The van der Waals surface area contributed by atoms with Crippen molar-refractivity contribution in [2.45, 2.75) is 20.3 Å². The van der Waals surface area contributed by atoms with Gasteiger partial charge in [0.25, 0.3) is 0 Å². The van der Waals surface area contributed by atoms with Gasteiger partial charge in [-0.2, -0.15) is 0 Å². The van der Waals surface area contributed by atoms with Gasteiger partial charge in [0, 0.05) is 1.43 Å². The number of benzene rings is 3. The van der Waals surface area contributed by atoms with E-state index in [4.69, 9.17) is 5.73 Å². The van der Waals surface area contributed by atoms with Gasteiger partial charge in [0.05, 0.1) is 5.56 Å². The Labute approximate surface area is 157 Å². The predicted molar refractivity (Wildman–Crippen MR) is 116 cm³/mol. The van der Waals surface area contributed by atoms with Crippen molar-refractivity contribution in [1.29, 1.82) is 0 Å². The van der Waals surface area contributed by atoms with E-state index in [0.29, 0.717) is 5.56 Å². The molecular formula is C24H27NO. The van der Waals surface area contributed by atoms with E-state index >= 15 is 0 Å². The van der Waals surface area contributed by atoms with Gasteiger partial charge < -0.3 is 5.73 Å². The number of primary amides is 1. The monoisotopic (exact) mass is 345 g/mol. The standard InChI is InChI=1S/C21H17NO.C3H8.H2/c1-3-15-16(4-2)20(21(22)23)18-13-9-8-12-17(18)19(15)14-10-6-5-7-11-14;1-3-2;/h3-13H,1-2H2,(H2,22,23);3H2,1-2H3;1H. The third-order valence-electron chi connectivity index (χ3n) is 4.01. The van der Waals surface area contributed by atoms with Crippen LogP contribution in [0.2, 0.25) is 0 Å². The fourth-order valence-electron chi connectivity index (χ4n) is 3.08. The summed E-state index contributed by atoms with van der Waals surface area (Å²) < 4.78 is 0. The maximum Gasteiger partial charge on any atom is 0.249 e. The highest BCUT2D eigenvalue weighted by atomic mass is 16.1. The van der Waals surface area contributed by atoms with Crippen LogP contribution in [0, 0.1) is 0 Å². The van der Waals surface area contributed by atoms with E-state index in [1.807, 2.05) is 54.6 Å². The molecule has 2 heteroatoms. The lowest BCUT2D eigenvalue weighted by Gasteiger charge is -2.18. The summed E-state index contributed by atoms with van der Waals surface area (Å²) >= 11 is 0. The number of amides is 1. The molecule has 0 radical (unpaired) electrons. The molecule has 3 aromatic rings. The summed E-state index contributed by atoms with van der Waals surface area (Å²) in [6, 6.07) is 17.8. The molecule has 3 aromatic carbocycles. The summed E-state index contributed by atoms with van der Waals surface area (Å²) in [5.41, 5.74) is 9.84. The quantitative estimate of drug-likeness (QED) is 0.572. The van der Waals surface area contributed by atoms with Crippen LogP contribution >= 0.6 is 0 Å². The first-order valence-electron chi connectivity index (χ1n) is 8.79. The van der Waals surface area contributed by atoms with Crippen molar-refractivity contribution in [2.24, 2.45) is 5.73 Å². The molecule has 2 nitrogen and oxygen atoms in total. The molecule has 0 unspecified atom stereocenters. The minimum Gasteiger partial charge on any atom is -0.366 e. The Balaban J connectivity index is 0.000000855. The van der Waals surface area contributed by atoms with Crippen molar-refractivity contribution >= 4 is 28.8 Å². The molecular weight excluding hydrogens is 318 g/mol. The van der Waals surface area contributed by atoms with Crippen LogP contribution in [0.25, 0.3) is 34.1 Å². The van der Waals surface area contributed by atoms with Crippen LogP contribution in [-0.4, -0.2) is 5.91 Å². The second-order valence-electron chi connectivity index (χ2n) is 5.97. The highest BCUT2D eigenvalue weighted by molar-refractivity contribution is 6.15. The van der Waals surface area contributed by atoms with E-state index in [9.17, 15) is 4.79 Å². The molecule has 1 amide bonds. The van der Waals surface area contributed by atoms with Crippen LogP contribution in [-0.2, 0) is 0 Å². The SMILES string of the molecule is C=Cc1c(C=C)c(-c2ccccc2)c2ccccc2c1C(N)=O.CCC.[HH]. The van der Waals surface area contributed by atoms with Gasteiger partial charge in [0.1, 0.15) is 0 Å². The Morgan fingerprint density at radius 2 is 1.42 bits per heavy atom. The fourth-order valence-corrected chi connectivity index (χ4v) is 3.08. The minimum absolute atomic E-state index is 0. The number of carbonyl (C=O) groups is 1. The summed E-state index contributed by atoms with van der Waals surface area (Å²) in [6.45, 7) is 12.1. The first-order valence-corrected chi connectivity index (χ1v) is 8.79. The molecule has 0 fully saturated rings. The number of nitrogens with two attached hydrogens (primary N) is 1. The molecule has 26 heavy (non-hydrogen) atoms. The topological polar surface area (TPSA) is 43.1 Å². The zero-order valence-corrected chi connectivity index (χ0v) is 15.5. The molecule has 0 aliphatic heterocycles. The van der Waals surface area contributed by atoms with Crippen molar-refractivity contribution in [1.82, 2.24) is 0 Å². The molecule has 0 bridgehead atoms. The molecule has 0 aliphatic rings. The van der Waals surface area contributed by atoms with Crippen molar-refractivity contribution < 1.29 is 6.22 Å². The normalized spacial score (nSPS) is 9.92. The molecule has 134 valence electrons. The maximum atomic E-state index is 12.1. The summed E-state index contributed by atoms with van der Waals surface area (Å²) in [5, 5.41) is 1.81. The van der Waals surface area contributed by atoms with Crippen LogP contribution in [0.3, 0.4) is 0 Å². The van der Waals surface area contributed by atoms with Gasteiger partial charge in [-0.25, -0.2) is 0 Å². The molecule has 0 aromatic heterocycles. The van der Waals surface area contributed by atoms with Gasteiger partial charge in [-0.15, -0.1) is 0 Å². The summed E-state index contributed by atoms with van der Waals surface area (Å²) in [7, 11) is 0. The van der Waals surface area contributed by atoms with Crippen molar-refractivity contribution in [2.75, 3.05) is 0 Å². The highest BCUT2D eigenvalue weighted by Crippen LogP contribution is 2.38. The maximum absolute atomic E-state index is 12.1. The minimum atomic E-state index is -0.459. The molecule has 2 N–H and O–H groups in total. The van der Waals surface area contributed by atoms with Crippen LogP contribution < -0.4 is 5.73 Å². The van der Waals surface area contributed by atoms with Gasteiger partial charge in [-0.05, 0) is 33.0 Å². The second kappa shape index (κ2) is 8.82. The third-order valence-corrected chi connectivity index (χ3v) is 4.01. The van der Waals surface area contributed by atoms with Gasteiger partial charge in [0.15, 0.2) is 0 Å². The van der Waals surface area contributed by atoms with Gasteiger partial charge in [0.2, 0.25) is 5.91 Å². The first kappa shape index (κ1) is 19.2. The Hall–Kier alpha value is -3.13. The largest absolute Gasteiger partial charge is 0.366 e. The van der Waals surface area contributed by atoms with E-state index in [1.165, 1.54) is 6.42 Å². The van der Waals surface area contributed by atoms with Crippen LogP contribution in [0.4, 0.5) is 0 Å². The van der Waals surface area contributed by atoms with E-state index < -0.39 is 5.91 Å². The fraction of sp³-hybridized carbons (Fsp3) is 0.125. The lowest BCUT2D eigenvalue weighted by atomic mass is 9.85. The molecule has 0 aliphatic carbocycles. The van der Waals surface area contributed by atoms with Crippen LogP contribution in [0.1, 0.15) is 43.2 Å². The smallest absolute Gasteiger partial charge is 0.249 e. The lowest BCUT2D eigenvalue weighted by molar-refractivity contribution is 0.100. The predicted octanol–water partition coefficient (Wildman–Crippen LogP) is 6.55. The number of hydrogen-bond acceptors (Lipinski definition) is 1. The lowest BCUT2D eigenvalue weighted by Crippen LogP contribution is -2.14. The summed E-state index contributed by atoms with van der Waals surface area (Å²) in [5.74, 6) is -0.459. The van der Waals surface area contributed by atoms with Crippen LogP contribution in [0.5, 0.6) is 0 Å². The molecule has 0 heterocycles. The van der Waals surface area contributed by atoms with Crippen molar-refractivity contribution in [3.8, 4) is 11.1 Å². The average molecular weight is 345 g/mol. The second-order valence-corrected chi connectivity index (χ2v) is 5.97. The summed E-state index contributed by atoms with van der Waals surface area (Å²) in [6.07, 6.45) is 4.69. The van der Waals surface area contributed by atoms with E-state index in [-0.39, 0.29) is 1.43 Å². The Bertz CT molecular complexity index is 946. The molecule has 0 saturated heterocycles. The van der Waals surface area contributed by atoms with Crippen molar-refractivity contribution in [3.05, 3.63) is 84.4 Å². The zero-order valence-electron chi connectivity index (χ0n) is 15.5. The average Bonchev–Trinajstić information content (AvgIpc) is 2.66. The van der Waals surface area contributed by atoms with E-state index in [2.05, 4.69) is 27.0 Å². The molecule has 0 atom stereocenters. The Kier molecular flexibility index (Phi) is 6.51. The molecule has 0 spiro atoms. The number of carbonyl (C=O) groups excluding carboxylic acids is 1. The number of fused-ring (bicyclic) bond motifs is 1. The van der Waals surface area contributed by atoms with E-state index in [0.717, 1.165) is 33.0 Å². The first-order chi connectivity index (χ1) is 12.6. The molecule has 0 saturated carbocycles. The Morgan fingerprint density at radius 3 is 1.92 bits per heavy atom. The highest BCUT2D eigenvalue weighted by Gasteiger charge is 2.19. The van der Waals surface area contributed by atoms with Gasteiger partial charge >= 0.3 is 0 Å². The van der Waals surface area contributed by atoms with E-state index in [1.54, 1.807) is 12.2 Å². The Morgan fingerprint density at radius 1 is 0.923 bits per heavy atom. The van der Waals surface area contributed by atoms with Crippen molar-refractivity contribution in [3.63, 3.8) is 0 Å². The molecule has 3 rings (SSSR count). The van der Waals surface area contributed by atoms with Gasteiger partial charge in [-0.3, -0.25) is 4.79 Å². The number of hydrogen-bond donors (Lipinski definition) is 1. The van der Waals surface area contributed by atoms with Gasteiger partial charge in [-0.1, -0.05) is 100 Å². The number of rotatable bonds is 4. The summed E-state index contributed by atoms with van der Waals surface area (Å²) in [4.78, 5) is 12.1. The van der Waals surface area contributed by atoms with Crippen LogP contribution in [0.15, 0.2) is 67.8 Å². The third kappa shape index (κ3) is 3.60.